The highest BCUT2D eigenvalue weighted by atomic mass is 16.8. The van der Waals surface area contributed by atoms with E-state index >= 15 is 0 Å². The van der Waals surface area contributed by atoms with Crippen molar-refractivity contribution in [2.45, 2.75) is 57.0 Å². The Hall–Kier alpha value is -2.92. The molecule has 2 fully saturated rings. The molecular formula is C22H25N5O5. The second-order valence-electron chi connectivity index (χ2n) is 8.93. The molecule has 2 saturated heterocycles. The van der Waals surface area contributed by atoms with E-state index in [2.05, 4.69) is 20.3 Å². The lowest BCUT2D eigenvalue weighted by molar-refractivity contribution is -0.252. The van der Waals surface area contributed by atoms with Gasteiger partial charge in [-0.3, -0.25) is 9.36 Å². The van der Waals surface area contributed by atoms with Crippen molar-refractivity contribution in [2.75, 3.05) is 11.9 Å². The van der Waals surface area contributed by atoms with Gasteiger partial charge in [-0.1, -0.05) is 18.2 Å². The van der Waals surface area contributed by atoms with Crippen LogP contribution in [0.3, 0.4) is 0 Å². The number of ether oxygens (including phenoxy) is 3. The smallest absolute Gasteiger partial charge is 0.256 e. The summed E-state index contributed by atoms with van der Waals surface area (Å²) in [7, 11) is 0. The van der Waals surface area contributed by atoms with Gasteiger partial charge in [0.25, 0.3) is 5.91 Å². The summed E-state index contributed by atoms with van der Waals surface area (Å²) >= 11 is 0. The maximum atomic E-state index is 12.6. The van der Waals surface area contributed by atoms with Gasteiger partial charge < -0.3 is 24.6 Å². The van der Waals surface area contributed by atoms with Gasteiger partial charge in [-0.05, 0) is 39.8 Å². The number of aromatic nitrogens is 4. The lowest BCUT2D eigenvalue weighted by Gasteiger charge is -2.35. The average molecular weight is 439 g/mol. The molecule has 3 aromatic rings. The van der Waals surface area contributed by atoms with Gasteiger partial charge >= 0.3 is 0 Å². The predicted octanol–water partition coefficient (Wildman–Crippen LogP) is 2.05. The number of imidazole rings is 1. The Morgan fingerprint density at radius 1 is 1.09 bits per heavy atom. The van der Waals surface area contributed by atoms with Crippen molar-refractivity contribution in [2.24, 2.45) is 0 Å². The molecule has 32 heavy (non-hydrogen) atoms. The number of rotatable bonds is 4. The molecule has 4 atom stereocenters. The van der Waals surface area contributed by atoms with Gasteiger partial charge in [0.1, 0.15) is 24.1 Å². The number of aliphatic hydroxyl groups excluding tert-OH is 1. The van der Waals surface area contributed by atoms with Crippen LogP contribution in [0.2, 0.25) is 0 Å². The second kappa shape index (κ2) is 7.04. The number of nitrogens with zero attached hydrogens (tertiary/aromatic N) is 4. The standard InChI is InChI=1S/C22H25N5O5/c1-20(2)30-15-16(31-20)22(4,32-21(15,3)10-28)27-12-25-14-17(23-11-24-18(14)27)26-19(29)13-8-6-5-7-9-13/h5-9,11-12,15-16,28H,10H2,1-4H3,(H,23,24,26,29)/t15-,16+,21-,22-/m1/s1. The summed E-state index contributed by atoms with van der Waals surface area (Å²) in [4.78, 5) is 25.7. The van der Waals surface area contributed by atoms with Crippen molar-refractivity contribution in [3.05, 3.63) is 48.5 Å². The van der Waals surface area contributed by atoms with Crippen LogP contribution in [-0.4, -0.2) is 60.7 Å². The molecule has 0 aliphatic carbocycles. The number of carbonyl (C=O) groups is 1. The van der Waals surface area contributed by atoms with Crippen LogP contribution >= 0.6 is 0 Å². The third kappa shape index (κ3) is 3.10. The van der Waals surface area contributed by atoms with Crippen molar-refractivity contribution in [1.29, 1.82) is 0 Å². The van der Waals surface area contributed by atoms with Crippen molar-refractivity contribution < 1.29 is 24.1 Å². The van der Waals surface area contributed by atoms with Crippen molar-refractivity contribution >= 4 is 22.9 Å². The Labute approximate surface area is 184 Å². The largest absolute Gasteiger partial charge is 0.393 e. The van der Waals surface area contributed by atoms with Gasteiger partial charge in [-0.15, -0.1) is 0 Å². The van der Waals surface area contributed by atoms with Gasteiger partial charge in [0.15, 0.2) is 28.5 Å². The number of nitrogens with one attached hydrogen (secondary N) is 1. The Bertz CT molecular complexity index is 1180. The van der Waals surface area contributed by atoms with Gasteiger partial charge in [0.2, 0.25) is 0 Å². The topological polar surface area (TPSA) is 121 Å². The van der Waals surface area contributed by atoms with Crippen LogP contribution in [-0.2, 0) is 19.9 Å². The maximum Gasteiger partial charge on any atom is 0.256 e. The number of anilines is 1. The van der Waals surface area contributed by atoms with E-state index in [4.69, 9.17) is 14.2 Å². The number of hydrogen-bond acceptors (Lipinski definition) is 8. The summed E-state index contributed by atoms with van der Waals surface area (Å²) in [5.74, 6) is -0.850. The van der Waals surface area contributed by atoms with Crippen LogP contribution in [0, 0.1) is 0 Å². The number of benzene rings is 1. The molecular weight excluding hydrogens is 414 g/mol. The molecule has 2 N–H and O–H groups in total. The van der Waals surface area contributed by atoms with E-state index in [9.17, 15) is 9.90 Å². The minimum Gasteiger partial charge on any atom is -0.393 e. The number of aliphatic hydroxyl groups is 1. The van der Waals surface area contributed by atoms with Crippen LogP contribution in [0.5, 0.6) is 0 Å². The number of hydrogen-bond donors (Lipinski definition) is 2. The third-order valence-electron chi connectivity index (χ3n) is 6.06. The summed E-state index contributed by atoms with van der Waals surface area (Å²) in [6.07, 6.45) is 1.92. The van der Waals surface area contributed by atoms with Crippen LogP contribution in [0.4, 0.5) is 5.82 Å². The molecule has 2 aromatic heterocycles. The molecule has 168 valence electrons. The first-order valence-corrected chi connectivity index (χ1v) is 10.4. The molecule has 1 aromatic carbocycles. The predicted molar refractivity (Wildman–Crippen MR) is 114 cm³/mol. The number of fused-ring (bicyclic) bond motifs is 2. The van der Waals surface area contributed by atoms with Gasteiger partial charge in [0, 0.05) is 5.56 Å². The molecule has 10 nitrogen and oxygen atoms in total. The van der Waals surface area contributed by atoms with Crippen molar-refractivity contribution in [1.82, 2.24) is 19.5 Å². The van der Waals surface area contributed by atoms with E-state index in [0.29, 0.717) is 16.7 Å². The van der Waals surface area contributed by atoms with Crippen molar-refractivity contribution in [3.63, 3.8) is 0 Å². The van der Waals surface area contributed by atoms with Crippen LogP contribution < -0.4 is 5.32 Å². The lowest BCUT2D eigenvalue weighted by atomic mass is 9.96. The van der Waals surface area contributed by atoms with Crippen LogP contribution in [0.25, 0.3) is 11.2 Å². The SMILES string of the molecule is CC1(C)O[C@@H]2[C@H](O1)[C@](C)(n1cnc3c(NC(=O)c4ccccc4)ncnc31)O[C@]2(C)CO. The van der Waals surface area contributed by atoms with E-state index in [1.165, 1.54) is 6.33 Å². The Balaban J connectivity index is 1.54. The van der Waals surface area contributed by atoms with E-state index in [-0.39, 0.29) is 18.3 Å². The third-order valence-corrected chi connectivity index (χ3v) is 6.06. The van der Waals surface area contributed by atoms with Gasteiger partial charge in [-0.25, -0.2) is 15.0 Å². The summed E-state index contributed by atoms with van der Waals surface area (Å²) < 4.78 is 20.4. The van der Waals surface area contributed by atoms with Crippen LogP contribution in [0.1, 0.15) is 38.1 Å². The van der Waals surface area contributed by atoms with Gasteiger partial charge in [-0.2, -0.15) is 0 Å². The lowest BCUT2D eigenvalue weighted by Crippen LogP contribution is -2.44. The first kappa shape index (κ1) is 21.0. The zero-order chi connectivity index (χ0) is 22.7. The highest BCUT2D eigenvalue weighted by molar-refractivity contribution is 6.06. The van der Waals surface area contributed by atoms with E-state index in [0.717, 1.165) is 0 Å². The molecule has 4 heterocycles. The molecule has 0 saturated carbocycles. The molecule has 5 rings (SSSR count). The zero-order valence-corrected chi connectivity index (χ0v) is 18.3. The summed E-state index contributed by atoms with van der Waals surface area (Å²) in [6.45, 7) is 7.05. The fraction of sp³-hybridized carbons (Fsp3) is 0.455. The summed E-state index contributed by atoms with van der Waals surface area (Å²) in [6, 6.07) is 8.85. The highest BCUT2D eigenvalue weighted by Gasteiger charge is 2.66. The number of carbonyl (C=O) groups excluding carboxylic acids is 1. The normalized spacial score (nSPS) is 31.0. The fourth-order valence-electron chi connectivity index (χ4n) is 4.52. The number of amides is 1. The Morgan fingerprint density at radius 2 is 1.81 bits per heavy atom. The Kier molecular flexibility index (Phi) is 4.61. The molecule has 1 amide bonds. The average Bonchev–Trinajstić information content (AvgIpc) is 3.41. The molecule has 0 spiro atoms. The zero-order valence-electron chi connectivity index (χ0n) is 18.3. The first-order valence-electron chi connectivity index (χ1n) is 10.4. The second-order valence-corrected chi connectivity index (χ2v) is 8.93. The molecule has 2 aliphatic heterocycles. The van der Waals surface area contributed by atoms with Crippen molar-refractivity contribution in [3.8, 4) is 0 Å². The van der Waals surface area contributed by atoms with Crippen LogP contribution in [0.15, 0.2) is 43.0 Å². The Morgan fingerprint density at radius 3 is 2.53 bits per heavy atom. The first-order chi connectivity index (χ1) is 15.2. The molecule has 10 heteroatoms. The highest BCUT2D eigenvalue weighted by Crippen LogP contribution is 2.51. The minimum atomic E-state index is -1.07. The van der Waals surface area contributed by atoms with E-state index in [1.807, 2.05) is 26.8 Å². The summed E-state index contributed by atoms with van der Waals surface area (Å²) in [5.41, 5.74) is -0.680. The monoisotopic (exact) mass is 439 g/mol. The minimum absolute atomic E-state index is 0.247. The fourth-order valence-corrected chi connectivity index (χ4v) is 4.52. The molecule has 2 aliphatic rings. The quantitative estimate of drug-likeness (QED) is 0.634. The molecule has 0 bridgehead atoms. The molecule has 0 radical (unpaired) electrons. The maximum absolute atomic E-state index is 12.6. The van der Waals surface area contributed by atoms with E-state index < -0.39 is 29.3 Å². The molecule has 0 unspecified atom stereocenters. The summed E-state index contributed by atoms with van der Waals surface area (Å²) in [5, 5.41) is 12.9. The van der Waals surface area contributed by atoms with E-state index in [1.54, 1.807) is 42.1 Å². The van der Waals surface area contributed by atoms with Gasteiger partial charge in [0.05, 0.1) is 12.9 Å².